The van der Waals surface area contributed by atoms with Crippen LogP contribution in [0.2, 0.25) is 0 Å². The number of nitrogen functional groups attached to an aromatic ring is 1. The van der Waals surface area contributed by atoms with Crippen molar-refractivity contribution in [2.24, 2.45) is 0 Å². The molecule has 2 N–H and O–H groups in total. The Balaban J connectivity index is 2.33. The summed E-state index contributed by atoms with van der Waals surface area (Å²) in [7, 11) is 0. The van der Waals surface area contributed by atoms with E-state index < -0.39 is 0 Å². The van der Waals surface area contributed by atoms with E-state index in [1.807, 2.05) is 35.9 Å². The normalized spacial score (nSPS) is 10.7. The van der Waals surface area contributed by atoms with Crippen molar-refractivity contribution in [2.75, 3.05) is 5.73 Å². The van der Waals surface area contributed by atoms with Gasteiger partial charge < -0.3 is 10.3 Å². The van der Waals surface area contributed by atoms with Gasteiger partial charge in [0.15, 0.2) is 0 Å². The van der Waals surface area contributed by atoms with Gasteiger partial charge in [-0.25, -0.2) is 15.0 Å². The molecule has 0 aliphatic heterocycles. The average molecular weight is 265 g/mol. The van der Waals surface area contributed by atoms with E-state index in [0.717, 1.165) is 28.2 Å². The van der Waals surface area contributed by atoms with E-state index in [9.17, 15) is 0 Å². The van der Waals surface area contributed by atoms with Crippen LogP contribution in [0, 0.1) is 13.8 Å². The van der Waals surface area contributed by atoms with E-state index in [1.54, 1.807) is 12.5 Å². The second-order valence-electron chi connectivity index (χ2n) is 4.65. The lowest BCUT2D eigenvalue weighted by Gasteiger charge is -2.14. The molecule has 0 atom stereocenters. The van der Waals surface area contributed by atoms with Gasteiger partial charge >= 0.3 is 0 Å². The molecule has 2 heterocycles. The quantitative estimate of drug-likeness (QED) is 0.773. The molecular formula is C15H15N5. The van der Waals surface area contributed by atoms with Crippen LogP contribution < -0.4 is 5.73 Å². The molecule has 0 unspecified atom stereocenters. The van der Waals surface area contributed by atoms with E-state index in [0.29, 0.717) is 0 Å². The number of nitrogens with two attached hydrogens (primary N) is 1. The number of aryl methyl sites for hydroxylation is 2. The molecular weight excluding hydrogens is 250 g/mol. The molecule has 2 aromatic heterocycles. The van der Waals surface area contributed by atoms with E-state index >= 15 is 0 Å². The number of hydrogen-bond donors (Lipinski definition) is 1. The Morgan fingerprint density at radius 1 is 1.10 bits per heavy atom. The molecule has 0 aliphatic rings. The molecule has 20 heavy (non-hydrogen) atoms. The lowest BCUT2D eigenvalue weighted by molar-refractivity contribution is 0.983. The van der Waals surface area contributed by atoms with Gasteiger partial charge in [-0.2, -0.15) is 0 Å². The highest BCUT2D eigenvalue weighted by Gasteiger charge is 2.15. The molecule has 0 spiro atoms. The molecule has 0 saturated carbocycles. The molecule has 5 heteroatoms. The fraction of sp³-hybridized carbons (Fsp3) is 0.133. The Morgan fingerprint density at radius 3 is 2.60 bits per heavy atom. The van der Waals surface area contributed by atoms with Gasteiger partial charge in [0.05, 0.1) is 17.7 Å². The summed E-state index contributed by atoms with van der Waals surface area (Å²) in [5.74, 6) is 0.282. The summed E-state index contributed by atoms with van der Waals surface area (Å²) in [5.41, 5.74) is 10.6. The third-order valence-corrected chi connectivity index (χ3v) is 3.24. The zero-order valence-electron chi connectivity index (χ0n) is 11.4. The van der Waals surface area contributed by atoms with Gasteiger partial charge in [-0.05, 0) is 19.4 Å². The zero-order chi connectivity index (χ0) is 14.1. The lowest BCUT2D eigenvalue weighted by Crippen LogP contribution is -2.07. The summed E-state index contributed by atoms with van der Waals surface area (Å²) in [5, 5.41) is 0. The number of nitrogens with zero attached hydrogens (tertiary/aromatic N) is 4. The minimum absolute atomic E-state index is 0.282. The van der Waals surface area contributed by atoms with Gasteiger partial charge in [0.25, 0.3) is 0 Å². The average Bonchev–Trinajstić information content (AvgIpc) is 2.92. The summed E-state index contributed by atoms with van der Waals surface area (Å²) in [6.07, 6.45) is 5.35. The van der Waals surface area contributed by atoms with Crippen LogP contribution in [-0.2, 0) is 0 Å². The van der Waals surface area contributed by atoms with E-state index in [2.05, 4.69) is 27.9 Å². The molecule has 1 aromatic carbocycles. The summed E-state index contributed by atoms with van der Waals surface area (Å²) in [4.78, 5) is 12.8. The molecule has 0 saturated heterocycles. The van der Waals surface area contributed by atoms with Crippen LogP contribution in [-0.4, -0.2) is 19.5 Å². The number of anilines is 1. The first-order chi connectivity index (χ1) is 9.66. The highest BCUT2D eigenvalue weighted by Crippen LogP contribution is 2.29. The Morgan fingerprint density at radius 2 is 1.90 bits per heavy atom. The maximum Gasteiger partial charge on any atom is 0.220 e. The monoisotopic (exact) mass is 265 g/mol. The van der Waals surface area contributed by atoms with Crippen LogP contribution in [0.15, 0.2) is 43.0 Å². The first kappa shape index (κ1) is 12.3. The maximum absolute atomic E-state index is 5.82. The standard InChI is InChI=1S/C15H15N5/c1-10-5-3-4-6-12(10)13-14(20-8-7-17-9-20)11(2)18-15(16)19-13/h3-9H,1-2H3,(H2,16,18,19). The van der Waals surface area contributed by atoms with E-state index in [4.69, 9.17) is 5.73 Å². The van der Waals surface area contributed by atoms with Crippen LogP contribution in [0.4, 0.5) is 5.95 Å². The van der Waals surface area contributed by atoms with Crippen LogP contribution >= 0.6 is 0 Å². The van der Waals surface area contributed by atoms with Gasteiger partial charge in [0.1, 0.15) is 5.69 Å². The summed E-state index contributed by atoms with van der Waals surface area (Å²) in [6.45, 7) is 3.98. The number of benzene rings is 1. The Labute approximate surface area is 117 Å². The molecule has 0 aliphatic carbocycles. The summed E-state index contributed by atoms with van der Waals surface area (Å²) < 4.78 is 1.91. The van der Waals surface area contributed by atoms with Crippen molar-refractivity contribution < 1.29 is 0 Å². The minimum Gasteiger partial charge on any atom is -0.368 e. The van der Waals surface area contributed by atoms with E-state index in [-0.39, 0.29) is 5.95 Å². The number of aromatic nitrogens is 4. The van der Waals surface area contributed by atoms with Gasteiger partial charge in [-0.1, -0.05) is 24.3 Å². The van der Waals surface area contributed by atoms with Crippen molar-refractivity contribution in [3.05, 3.63) is 54.2 Å². The van der Waals surface area contributed by atoms with Gasteiger partial charge in [0.2, 0.25) is 5.95 Å². The van der Waals surface area contributed by atoms with Crippen molar-refractivity contribution >= 4 is 5.95 Å². The van der Waals surface area contributed by atoms with Crippen molar-refractivity contribution in [1.82, 2.24) is 19.5 Å². The molecule has 0 fully saturated rings. The number of rotatable bonds is 2. The highest BCUT2D eigenvalue weighted by molar-refractivity contribution is 5.73. The highest BCUT2D eigenvalue weighted by atomic mass is 15.1. The smallest absolute Gasteiger partial charge is 0.220 e. The first-order valence-corrected chi connectivity index (χ1v) is 6.35. The van der Waals surface area contributed by atoms with Crippen molar-refractivity contribution in [3.63, 3.8) is 0 Å². The molecule has 0 amide bonds. The Kier molecular flexibility index (Phi) is 2.95. The number of hydrogen-bond acceptors (Lipinski definition) is 4. The predicted molar refractivity (Wildman–Crippen MR) is 78.5 cm³/mol. The second-order valence-corrected chi connectivity index (χ2v) is 4.65. The maximum atomic E-state index is 5.82. The molecule has 3 rings (SSSR count). The lowest BCUT2D eigenvalue weighted by atomic mass is 10.0. The van der Waals surface area contributed by atoms with Gasteiger partial charge in [0, 0.05) is 18.0 Å². The van der Waals surface area contributed by atoms with Crippen LogP contribution in [0.25, 0.3) is 16.9 Å². The Hall–Kier alpha value is -2.69. The predicted octanol–water partition coefficient (Wildman–Crippen LogP) is 2.53. The Bertz CT molecular complexity index is 747. The molecule has 100 valence electrons. The van der Waals surface area contributed by atoms with Crippen LogP contribution in [0.3, 0.4) is 0 Å². The van der Waals surface area contributed by atoms with E-state index in [1.165, 1.54) is 0 Å². The first-order valence-electron chi connectivity index (χ1n) is 6.35. The second kappa shape index (κ2) is 4.77. The third kappa shape index (κ3) is 2.03. The molecule has 3 aromatic rings. The van der Waals surface area contributed by atoms with Gasteiger partial charge in [-0.15, -0.1) is 0 Å². The largest absolute Gasteiger partial charge is 0.368 e. The molecule has 0 bridgehead atoms. The van der Waals surface area contributed by atoms with Crippen LogP contribution in [0.1, 0.15) is 11.3 Å². The fourth-order valence-corrected chi connectivity index (χ4v) is 2.32. The van der Waals surface area contributed by atoms with Gasteiger partial charge in [-0.3, -0.25) is 0 Å². The van der Waals surface area contributed by atoms with Crippen molar-refractivity contribution in [2.45, 2.75) is 13.8 Å². The topological polar surface area (TPSA) is 69.6 Å². The minimum atomic E-state index is 0.282. The van der Waals surface area contributed by atoms with Crippen LogP contribution in [0.5, 0.6) is 0 Å². The summed E-state index contributed by atoms with van der Waals surface area (Å²) in [6, 6.07) is 8.10. The fourth-order valence-electron chi connectivity index (χ4n) is 2.32. The molecule has 5 nitrogen and oxygen atoms in total. The molecule has 0 radical (unpaired) electrons. The van der Waals surface area contributed by atoms with Crippen molar-refractivity contribution in [3.8, 4) is 16.9 Å². The zero-order valence-corrected chi connectivity index (χ0v) is 11.4. The third-order valence-electron chi connectivity index (χ3n) is 3.24. The summed E-state index contributed by atoms with van der Waals surface area (Å²) >= 11 is 0. The SMILES string of the molecule is Cc1ccccc1-c1nc(N)nc(C)c1-n1ccnc1. The number of imidazole rings is 1. The van der Waals surface area contributed by atoms with Crippen molar-refractivity contribution in [1.29, 1.82) is 0 Å².